The van der Waals surface area contributed by atoms with Crippen LogP contribution in [0.3, 0.4) is 0 Å². The van der Waals surface area contributed by atoms with E-state index in [4.69, 9.17) is 16.2 Å². The monoisotopic (exact) mass is 446 g/mol. The molecule has 4 rings (SSSR count). The molecule has 0 bridgehead atoms. The lowest BCUT2D eigenvalue weighted by atomic mass is 9.91. The molecular formula is C25H30N6O2. The fraction of sp³-hybridized carbons (Fsp3) is 0.320. The molecule has 2 aromatic carbocycles. The van der Waals surface area contributed by atoms with Gasteiger partial charge in [0, 0.05) is 17.8 Å². The molecule has 1 saturated carbocycles. The summed E-state index contributed by atoms with van der Waals surface area (Å²) in [7, 11) is 0. The molecule has 33 heavy (non-hydrogen) atoms. The molecule has 2 unspecified atom stereocenters. The minimum atomic E-state index is -0.672. The number of nitrogens with two attached hydrogens (primary N) is 2. The Bertz CT molecular complexity index is 1110. The lowest BCUT2D eigenvalue weighted by Gasteiger charge is -2.29. The molecule has 8 heteroatoms. The van der Waals surface area contributed by atoms with Gasteiger partial charge in [-0.05, 0) is 43.0 Å². The van der Waals surface area contributed by atoms with Gasteiger partial charge in [-0.3, -0.25) is 4.79 Å². The van der Waals surface area contributed by atoms with E-state index in [2.05, 4.69) is 20.6 Å². The second kappa shape index (κ2) is 10.3. The van der Waals surface area contributed by atoms with Crippen LogP contribution in [0.25, 0.3) is 0 Å². The highest BCUT2D eigenvalue weighted by molar-refractivity contribution is 6.00. The van der Waals surface area contributed by atoms with Gasteiger partial charge in [0.25, 0.3) is 5.91 Å². The molecule has 0 saturated heterocycles. The van der Waals surface area contributed by atoms with Crippen LogP contribution in [-0.2, 0) is 6.61 Å². The van der Waals surface area contributed by atoms with Crippen molar-refractivity contribution in [2.75, 3.05) is 10.6 Å². The predicted octanol–water partition coefficient (Wildman–Crippen LogP) is 3.89. The van der Waals surface area contributed by atoms with Crippen molar-refractivity contribution in [2.45, 2.75) is 51.3 Å². The number of amides is 1. The molecule has 1 heterocycles. The molecule has 0 radical (unpaired) electrons. The quantitative estimate of drug-likeness (QED) is 0.413. The Kier molecular flexibility index (Phi) is 7.04. The number of rotatable bonds is 8. The molecule has 1 amide bonds. The average molecular weight is 447 g/mol. The predicted molar refractivity (Wildman–Crippen MR) is 130 cm³/mol. The highest BCUT2D eigenvalue weighted by atomic mass is 16.5. The summed E-state index contributed by atoms with van der Waals surface area (Å²) in [5.41, 5.74) is 15.0. The highest BCUT2D eigenvalue weighted by Gasteiger charge is 2.25. The first-order chi connectivity index (χ1) is 16.0. The van der Waals surface area contributed by atoms with E-state index in [0.29, 0.717) is 5.95 Å². The van der Waals surface area contributed by atoms with E-state index in [1.165, 1.54) is 0 Å². The Hall–Kier alpha value is -3.65. The maximum atomic E-state index is 12.4. The van der Waals surface area contributed by atoms with Gasteiger partial charge in [0.1, 0.15) is 12.2 Å². The molecule has 172 valence electrons. The molecular weight excluding hydrogens is 416 g/mol. The number of benzene rings is 2. The summed E-state index contributed by atoms with van der Waals surface area (Å²) in [6.07, 6.45) is 4.09. The third-order valence-corrected chi connectivity index (χ3v) is 5.76. The number of hydrogen-bond donors (Lipinski definition) is 4. The number of carbonyl (C=O) groups is 1. The molecule has 1 aromatic heterocycles. The third-order valence-electron chi connectivity index (χ3n) is 5.76. The van der Waals surface area contributed by atoms with Gasteiger partial charge in [0.15, 0.2) is 5.82 Å². The van der Waals surface area contributed by atoms with E-state index >= 15 is 0 Å². The number of anilines is 3. The first-order valence-corrected chi connectivity index (χ1v) is 11.2. The van der Waals surface area contributed by atoms with Gasteiger partial charge in [0.05, 0.1) is 0 Å². The Morgan fingerprint density at radius 2 is 1.88 bits per heavy atom. The molecule has 0 aliphatic heterocycles. The number of aryl methyl sites for hydroxylation is 1. The minimum Gasteiger partial charge on any atom is -0.472 e. The smallest absolute Gasteiger partial charge is 0.258 e. The Morgan fingerprint density at radius 3 is 2.61 bits per heavy atom. The summed E-state index contributed by atoms with van der Waals surface area (Å²) in [5.74, 6) is 0.0936. The molecule has 1 fully saturated rings. The van der Waals surface area contributed by atoms with E-state index in [9.17, 15) is 4.79 Å². The molecule has 3 aromatic rings. The van der Waals surface area contributed by atoms with E-state index < -0.39 is 5.91 Å². The van der Waals surface area contributed by atoms with Crippen LogP contribution in [0.1, 0.15) is 47.2 Å². The first kappa shape index (κ1) is 22.5. The average Bonchev–Trinajstić information content (AvgIpc) is 2.79. The van der Waals surface area contributed by atoms with Gasteiger partial charge in [-0.2, -0.15) is 9.97 Å². The maximum absolute atomic E-state index is 12.4. The number of nitrogens with zero attached hydrogens (tertiary/aromatic N) is 2. The normalized spacial score (nSPS) is 17.9. The fourth-order valence-corrected chi connectivity index (χ4v) is 4.01. The van der Waals surface area contributed by atoms with Gasteiger partial charge in [-0.15, -0.1) is 0 Å². The summed E-state index contributed by atoms with van der Waals surface area (Å²) in [6, 6.07) is 17.5. The van der Waals surface area contributed by atoms with Crippen LogP contribution in [-0.4, -0.2) is 28.0 Å². The SMILES string of the molecule is Cc1cccc(Nc2nc(NC3CCCCC3N)nc(OCc3ccccc3)c2C(N)=O)c1. The zero-order valence-electron chi connectivity index (χ0n) is 18.8. The summed E-state index contributed by atoms with van der Waals surface area (Å²) < 4.78 is 5.98. The van der Waals surface area contributed by atoms with Crippen LogP contribution in [0.15, 0.2) is 54.6 Å². The second-order valence-electron chi connectivity index (χ2n) is 8.41. The van der Waals surface area contributed by atoms with Crippen molar-refractivity contribution >= 4 is 23.4 Å². The second-order valence-corrected chi connectivity index (χ2v) is 8.41. The van der Waals surface area contributed by atoms with Crippen molar-refractivity contribution in [3.63, 3.8) is 0 Å². The molecule has 1 aliphatic carbocycles. The zero-order valence-corrected chi connectivity index (χ0v) is 18.8. The number of aromatic nitrogens is 2. The lowest BCUT2D eigenvalue weighted by Crippen LogP contribution is -2.43. The molecule has 0 spiro atoms. The summed E-state index contributed by atoms with van der Waals surface area (Å²) in [6.45, 7) is 2.23. The zero-order chi connectivity index (χ0) is 23.2. The van der Waals surface area contributed by atoms with Gasteiger partial charge >= 0.3 is 0 Å². The Balaban J connectivity index is 1.70. The van der Waals surface area contributed by atoms with Crippen LogP contribution in [0.4, 0.5) is 17.5 Å². The van der Waals surface area contributed by atoms with Crippen LogP contribution in [0.2, 0.25) is 0 Å². The van der Waals surface area contributed by atoms with Crippen molar-refractivity contribution in [1.29, 1.82) is 0 Å². The first-order valence-electron chi connectivity index (χ1n) is 11.2. The van der Waals surface area contributed by atoms with Crippen molar-refractivity contribution < 1.29 is 9.53 Å². The van der Waals surface area contributed by atoms with E-state index in [-0.39, 0.29) is 36.0 Å². The van der Waals surface area contributed by atoms with Gasteiger partial charge < -0.3 is 26.8 Å². The molecule has 8 nitrogen and oxygen atoms in total. The minimum absolute atomic E-state index is 0.0139. The number of hydrogen-bond acceptors (Lipinski definition) is 7. The number of primary amides is 1. The number of carbonyl (C=O) groups excluding carboxylic acids is 1. The third kappa shape index (κ3) is 5.78. The molecule has 2 atom stereocenters. The summed E-state index contributed by atoms with van der Waals surface area (Å²) >= 11 is 0. The van der Waals surface area contributed by atoms with Crippen LogP contribution in [0, 0.1) is 6.92 Å². The summed E-state index contributed by atoms with van der Waals surface area (Å²) in [4.78, 5) is 21.6. The highest BCUT2D eigenvalue weighted by Crippen LogP contribution is 2.29. The largest absolute Gasteiger partial charge is 0.472 e. The van der Waals surface area contributed by atoms with Crippen LogP contribution >= 0.6 is 0 Å². The van der Waals surface area contributed by atoms with Gasteiger partial charge in [-0.25, -0.2) is 0 Å². The van der Waals surface area contributed by atoms with Crippen LogP contribution < -0.4 is 26.8 Å². The van der Waals surface area contributed by atoms with E-state index in [1.807, 2.05) is 61.5 Å². The Labute approximate surface area is 193 Å². The molecule has 1 aliphatic rings. The van der Waals surface area contributed by atoms with E-state index in [0.717, 1.165) is 42.5 Å². The van der Waals surface area contributed by atoms with Crippen molar-refractivity contribution in [1.82, 2.24) is 9.97 Å². The topological polar surface area (TPSA) is 128 Å². The summed E-state index contributed by atoms with van der Waals surface area (Å²) in [5, 5.41) is 6.57. The van der Waals surface area contributed by atoms with Crippen LogP contribution in [0.5, 0.6) is 5.88 Å². The lowest BCUT2D eigenvalue weighted by molar-refractivity contribution is 0.0995. The van der Waals surface area contributed by atoms with E-state index in [1.54, 1.807) is 0 Å². The fourth-order valence-electron chi connectivity index (χ4n) is 4.01. The van der Waals surface area contributed by atoms with Crippen molar-refractivity contribution in [2.24, 2.45) is 11.5 Å². The van der Waals surface area contributed by atoms with Gasteiger partial charge in [-0.1, -0.05) is 55.3 Å². The number of nitrogens with one attached hydrogen (secondary N) is 2. The van der Waals surface area contributed by atoms with Gasteiger partial charge in [0.2, 0.25) is 11.8 Å². The van der Waals surface area contributed by atoms with Crippen molar-refractivity contribution in [3.8, 4) is 5.88 Å². The Morgan fingerprint density at radius 1 is 1.09 bits per heavy atom. The van der Waals surface area contributed by atoms with Crippen molar-refractivity contribution in [3.05, 3.63) is 71.3 Å². The maximum Gasteiger partial charge on any atom is 0.258 e. The number of ether oxygens (including phenoxy) is 1. The standard InChI is InChI=1S/C25H30N6O2/c1-16-8-7-11-18(14-16)28-23-21(22(27)32)24(33-15-17-9-3-2-4-10-17)31-25(30-23)29-20-13-6-5-12-19(20)26/h2-4,7-11,14,19-20H,5-6,12-13,15,26H2,1H3,(H2,27,32)(H2,28,29,30,31). The molecule has 6 N–H and O–H groups in total.